The first-order valence-electron chi connectivity index (χ1n) is 4.65. The Morgan fingerprint density at radius 3 is 2.85 bits per heavy atom. The molecule has 2 heteroatoms. The van der Waals surface area contributed by atoms with E-state index >= 15 is 0 Å². The minimum absolute atomic E-state index is 0.205. The SMILES string of the molecule is CCC(O)CCc1cccc(F)c1. The third kappa shape index (κ3) is 3.55. The molecule has 0 saturated carbocycles. The minimum Gasteiger partial charge on any atom is -0.393 e. The highest BCUT2D eigenvalue weighted by Crippen LogP contribution is 2.08. The van der Waals surface area contributed by atoms with Gasteiger partial charge in [0, 0.05) is 0 Å². The molecule has 0 aliphatic heterocycles. The third-order valence-electron chi connectivity index (χ3n) is 2.13. The number of aryl methyl sites for hydroxylation is 1. The van der Waals surface area contributed by atoms with E-state index in [0.717, 1.165) is 18.4 Å². The molecule has 1 unspecified atom stereocenters. The van der Waals surface area contributed by atoms with Crippen LogP contribution in [-0.2, 0) is 6.42 Å². The van der Waals surface area contributed by atoms with Gasteiger partial charge >= 0.3 is 0 Å². The second-order valence-corrected chi connectivity index (χ2v) is 3.23. The van der Waals surface area contributed by atoms with Gasteiger partial charge in [-0.2, -0.15) is 0 Å². The van der Waals surface area contributed by atoms with Gasteiger partial charge in [-0.1, -0.05) is 19.1 Å². The van der Waals surface area contributed by atoms with E-state index in [2.05, 4.69) is 0 Å². The molecule has 1 rings (SSSR count). The van der Waals surface area contributed by atoms with Gasteiger partial charge in [0.1, 0.15) is 5.82 Å². The van der Waals surface area contributed by atoms with E-state index < -0.39 is 0 Å². The fraction of sp³-hybridized carbons (Fsp3) is 0.455. The fourth-order valence-electron chi connectivity index (χ4n) is 1.23. The Morgan fingerprint density at radius 2 is 2.23 bits per heavy atom. The van der Waals surface area contributed by atoms with Crippen molar-refractivity contribution < 1.29 is 9.50 Å². The summed E-state index contributed by atoms with van der Waals surface area (Å²) in [5.41, 5.74) is 0.951. The molecule has 1 aromatic carbocycles. The predicted molar refractivity (Wildman–Crippen MR) is 51.0 cm³/mol. The van der Waals surface area contributed by atoms with Crippen LogP contribution in [0.3, 0.4) is 0 Å². The molecule has 0 aliphatic carbocycles. The molecule has 0 bridgehead atoms. The van der Waals surface area contributed by atoms with E-state index in [-0.39, 0.29) is 11.9 Å². The molecule has 0 saturated heterocycles. The van der Waals surface area contributed by atoms with E-state index in [4.69, 9.17) is 0 Å². The van der Waals surface area contributed by atoms with Crippen LogP contribution >= 0.6 is 0 Å². The van der Waals surface area contributed by atoms with E-state index in [9.17, 15) is 9.50 Å². The molecule has 1 atom stereocenters. The van der Waals surface area contributed by atoms with Crippen LogP contribution in [0.2, 0.25) is 0 Å². The fourth-order valence-corrected chi connectivity index (χ4v) is 1.23. The normalized spacial score (nSPS) is 12.8. The van der Waals surface area contributed by atoms with Crippen molar-refractivity contribution in [3.05, 3.63) is 35.6 Å². The molecule has 0 aromatic heterocycles. The van der Waals surface area contributed by atoms with Crippen molar-refractivity contribution in [2.24, 2.45) is 0 Å². The molecule has 13 heavy (non-hydrogen) atoms. The van der Waals surface area contributed by atoms with Crippen molar-refractivity contribution in [2.75, 3.05) is 0 Å². The Hall–Kier alpha value is -0.890. The van der Waals surface area contributed by atoms with Gasteiger partial charge < -0.3 is 5.11 Å². The first kappa shape index (κ1) is 10.2. The van der Waals surface area contributed by atoms with Crippen LogP contribution < -0.4 is 0 Å². The van der Waals surface area contributed by atoms with Crippen LogP contribution in [0.4, 0.5) is 4.39 Å². The Balaban J connectivity index is 2.45. The molecule has 1 aromatic rings. The monoisotopic (exact) mass is 182 g/mol. The molecule has 0 radical (unpaired) electrons. The first-order chi connectivity index (χ1) is 6.22. The first-order valence-corrected chi connectivity index (χ1v) is 4.65. The van der Waals surface area contributed by atoms with Gasteiger partial charge in [-0.15, -0.1) is 0 Å². The van der Waals surface area contributed by atoms with Crippen LogP contribution in [0.5, 0.6) is 0 Å². The number of halogens is 1. The van der Waals surface area contributed by atoms with Crippen molar-refractivity contribution in [2.45, 2.75) is 32.3 Å². The highest BCUT2D eigenvalue weighted by molar-refractivity contribution is 5.16. The average Bonchev–Trinajstić information content (AvgIpc) is 2.14. The van der Waals surface area contributed by atoms with Crippen molar-refractivity contribution in [3.63, 3.8) is 0 Å². The van der Waals surface area contributed by atoms with Gasteiger partial charge in [-0.25, -0.2) is 4.39 Å². The zero-order valence-corrected chi connectivity index (χ0v) is 7.83. The summed E-state index contributed by atoms with van der Waals surface area (Å²) in [6, 6.07) is 6.52. The maximum Gasteiger partial charge on any atom is 0.123 e. The molecule has 72 valence electrons. The number of hydrogen-bond acceptors (Lipinski definition) is 1. The summed E-state index contributed by atoms with van der Waals surface area (Å²) in [5, 5.41) is 9.29. The van der Waals surface area contributed by atoms with E-state index in [1.807, 2.05) is 13.0 Å². The summed E-state index contributed by atoms with van der Waals surface area (Å²) in [4.78, 5) is 0. The van der Waals surface area contributed by atoms with Crippen molar-refractivity contribution in [1.29, 1.82) is 0 Å². The summed E-state index contributed by atoms with van der Waals surface area (Å²) in [5.74, 6) is -0.205. The number of rotatable bonds is 4. The molecular formula is C11H15FO. The number of aliphatic hydroxyl groups excluding tert-OH is 1. The van der Waals surface area contributed by atoms with Gasteiger partial charge in [0.05, 0.1) is 6.10 Å². The van der Waals surface area contributed by atoms with Crippen LogP contribution in [0.15, 0.2) is 24.3 Å². The molecule has 0 aliphatic rings. The third-order valence-corrected chi connectivity index (χ3v) is 2.13. The predicted octanol–water partition coefficient (Wildman–Crippen LogP) is 2.53. The molecule has 0 heterocycles. The van der Waals surface area contributed by atoms with Crippen LogP contribution in [0.1, 0.15) is 25.3 Å². The lowest BCUT2D eigenvalue weighted by atomic mass is 10.1. The van der Waals surface area contributed by atoms with Crippen molar-refractivity contribution >= 4 is 0 Å². The maximum absolute atomic E-state index is 12.7. The Labute approximate surface area is 78.2 Å². The van der Waals surface area contributed by atoms with Gasteiger partial charge in [-0.3, -0.25) is 0 Å². The van der Waals surface area contributed by atoms with E-state index in [1.54, 1.807) is 6.07 Å². The lowest BCUT2D eigenvalue weighted by Gasteiger charge is -2.06. The summed E-state index contributed by atoms with van der Waals surface area (Å²) in [6.45, 7) is 1.94. The Kier molecular flexibility index (Phi) is 3.90. The topological polar surface area (TPSA) is 20.2 Å². The highest BCUT2D eigenvalue weighted by Gasteiger charge is 2.01. The zero-order chi connectivity index (χ0) is 9.68. The molecule has 0 fully saturated rings. The molecular weight excluding hydrogens is 167 g/mol. The summed E-state index contributed by atoms with van der Waals surface area (Å²) >= 11 is 0. The van der Waals surface area contributed by atoms with Crippen LogP contribution in [0, 0.1) is 5.82 Å². The van der Waals surface area contributed by atoms with Gasteiger partial charge in [0.2, 0.25) is 0 Å². The zero-order valence-electron chi connectivity index (χ0n) is 7.83. The van der Waals surface area contributed by atoms with Crippen molar-refractivity contribution in [3.8, 4) is 0 Å². The quantitative estimate of drug-likeness (QED) is 0.758. The van der Waals surface area contributed by atoms with Crippen LogP contribution in [0.25, 0.3) is 0 Å². The standard InChI is InChI=1S/C11H15FO/c1-2-11(13)7-6-9-4-3-5-10(12)8-9/h3-5,8,11,13H,2,6-7H2,1H3. The van der Waals surface area contributed by atoms with Crippen molar-refractivity contribution in [1.82, 2.24) is 0 Å². The Morgan fingerprint density at radius 1 is 1.46 bits per heavy atom. The van der Waals surface area contributed by atoms with E-state index in [0.29, 0.717) is 6.42 Å². The molecule has 0 spiro atoms. The summed E-state index contributed by atoms with van der Waals surface area (Å²) < 4.78 is 12.7. The number of hydrogen-bond donors (Lipinski definition) is 1. The smallest absolute Gasteiger partial charge is 0.123 e. The average molecular weight is 182 g/mol. The van der Waals surface area contributed by atoms with Gasteiger partial charge in [0.25, 0.3) is 0 Å². The summed E-state index contributed by atoms with van der Waals surface area (Å²) in [6.07, 6.45) is 1.95. The molecule has 1 N–H and O–H groups in total. The van der Waals surface area contributed by atoms with Crippen LogP contribution in [-0.4, -0.2) is 11.2 Å². The minimum atomic E-state index is -0.261. The van der Waals surface area contributed by atoms with Gasteiger partial charge in [0.15, 0.2) is 0 Å². The van der Waals surface area contributed by atoms with E-state index in [1.165, 1.54) is 12.1 Å². The Bertz CT molecular complexity index is 260. The van der Waals surface area contributed by atoms with Gasteiger partial charge in [-0.05, 0) is 37.0 Å². The summed E-state index contributed by atoms with van der Waals surface area (Å²) in [7, 11) is 0. The lowest BCUT2D eigenvalue weighted by Crippen LogP contribution is -2.05. The number of benzene rings is 1. The second-order valence-electron chi connectivity index (χ2n) is 3.23. The number of aliphatic hydroxyl groups is 1. The highest BCUT2D eigenvalue weighted by atomic mass is 19.1. The lowest BCUT2D eigenvalue weighted by molar-refractivity contribution is 0.160. The maximum atomic E-state index is 12.7. The second kappa shape index (κ2) is 4.97. The molecule has 0 amide bonds. The molecule has 1 nitrogen and oxygen atoms in total. The largest absolute Gasteiger partial charge is 0.393 e.